The van der Waals surface area contributed by atoms with Crippen LogP contribution in [0.3, 0.4) is 0 Å². The standard InChI is InChI=1S/C27H23Cl2NO4/c1-16(2)19-6-8-20(9-7-19)26-30-23(27(31)34-26)13-18-12-22(29)25(24(14-18)32-3)33-15-17-4-10-21(28)11-5-17/h4-14,16H,15H2,1-3H3/b23-13-. The molecule has 0 atom stereocenters. The number of carbonyl (C=O) groups excluding carboxylic acids is 1. The summed E-state index contributed by atoms with van der Waals surface area (Å²) in [6.45, 7) is 4.54. The van der Waals surface area contributed by atoms with Crippen LogP contribution in [-0.4, -0.2) is 19.0 Å². The van der Waals surface area contributed by atoms with Crippen LogP contribution in [0.4, 0.5) is 0 Å². The van der Waals surface area contributed by atoms with Gasteiger partial charge in [0.05, 0.1) is 12.1 Å². The first-order chi connectivity index (χ1) is 16.3. The molecular weight excluding hydrogens is 473 g/mol. The first-order valence-corrected chi connectivity index (χ1v) is 11.5. The van der Waals surface area contributed by atoms with Gasteiger partial charge in [-0.3, -0.25) is 0 Å². The first-order valence-electron chi connectivity index (χ1n) is 10.7. The van der Waals surface area contributed by atoms with Crippen molar-refractivity contribution in [2.45, 2.75) is 26.4 Å². The van der Waals surface area contributed by atoms with Crippen LogP contribution in [0.1, 0.15) is 42.0 Å². The Morgan fingerprint density at radius 2 is 1.74 bits per heavy atom. The molecule has 0 unspecified atom stereocenters. The van der Waals surface area contributed by atoms with Gasteiger partial charge in [-0.05, 0) is 65.1 Å². The zero-order valence-electron chi connectivity index (χ0n) is 19.0. The van der Waals surface area contributed by atoms with Crippen molar-refractivity contribution in [3.63, 3.8) is 0 Å². The van der Waals surface area contributed by atoms with Gasteiger partial charge >= 0.3 is 5.97 Å². The maximum absolute atomic E-state index is 12.4. The SMILES string of the molecule is COc1cc(/C=C2\N=C(c3ccc(C(C)C)cc3)OC2=O)cc(Cl)c1OCc1ccc(Cl)cc1. The van der Waals surface area contributed by atoms with Gasteiger partial charge in [-0.15, -0.1) is 0 Å². The second kappa shape index (κ2) is 10.3. The van der Waals surface area contributed by atoms with Crippen molar-refractivity contribution in [1.29, 1.82) is 0 Å². The fourth-order valence-electron chi connectivity index (χ4n) is 3.40. The van der Waals surface area contributed by atoms with E-state index < -0.39 is 5.97 Å². The fourth-order valence-corrected chi connectivity index (χ4v) is 3.80. The predicted octanol–water partition coefficient (Wildman–Crippen LogP) is 7.05. The van der Waals surface area contributed by atoms with Gasteiger partial charge in [0.25, 0.3) is 0 Å². The van der Waals surface area contributed by atoms with Crippen molar-refractivity contribution in [3.05, 3.63) is 98.7 Å². The average molecular weight is 496 g/mol. The summed E-state index contributed by atoms with van der Waals surface area (Å²) in [7, 11) is 1.53. The van der Waals surface area contributed by atoms with E-state index in [0.29, 0.717) is 39.6 Å². The quantitative estimate of drug-likeness (QED) is 0.260. The molecule has 1 aliphatic heterocycles. The predicted molar refractivity (Wildman–Crippen MR) is 135 cm³/mol. The minimum atomic E-state index is -0.527. The summed E-state index contributed by atoms with van der Waals surface area (Å²) >= 11 is 12.4. The number of halogens is 2. The van der Waals surface area contributed by atoms with E-state index >= 15 is 0 Å². The Morgan fingerprint density at radius 3 is 2.38 bits per heavy atom. The lowest BCUT2D eigenvalue weighted by atomic mass is 10.0. The molecule has 7 heteroatoms. The van der Waals surface area contributed by atoms with Crippen LogP contribution >= 0.6 is 23.2 Å². The Balaban J connectivity index is 1.56. The highest BCUT2D eigenvalue weighted by atomic mass is 35.5. The van der Waals surface area contributed by atoms with Crippen LogP contribution in [0, 0.1) is 0 Å². The average Bonchev–Trinajstić information content (AvgIpc) is 3.19. The summed E-state index contributed by atoms with van der Waals surface area (Å²) in [4.78, 5) is 16.8. The smallest absolute Gasteiger partial charge is 0.363 e. The molecule has 0 aliphatic carbocycles. The third kappa shape index (κ3) is 5.44. The van der Waals surface area contributed by atoms with Gasteiger partial charge < -0.3 is 14.2 Å². The molecular formula is C27H23Cl2NO4. The van der Waals surface area contributed by atoms with Gasteiger partial charge in [0.2, 0.25) is 5.90 Å². The molecule has 0 fully saturated rings. The number of ether oxygens (including phenoxy) is 3. The van der Waals surface area contributed by atoms with E-state index in [9.17, 15) is 4.79 Å². The Morgan fingerprint density at radius 1 is 1.03 bits per heavy atom. The summed E-state index contributed by atoms with van der Waals surface area (Å²) in [5, 5.41) is 1.00. The molecule has 174 valence electrons. The lowest BCUT2D eigenvalue weighted by Gasteiger charge is -2.13. The highest BCUT2D eigenvalue weighted by molar-refractivity contribution is 6.32. The minimum absolute atomic E-state index is 0.177. The normalized spacial score (nSPS) is 14.4. The molecule has 0 spiro atoms. The van der Waals surface area contributed by atoms with E-state index in [2.05, 4.69) is 18.8 Å². The highest BCUT2D eigenvalue weighted by Gasteiger charge is 2.24. The molecule has 1 heterocycles. The maximum Gasteiger partial charge on any atom is 0.363 e. The van der Waals surface area contributed by atoms with Gasteiger partial charge in [0, 0.05) is 10.6 Å². The van der Waals surface area contributed by atoms with Crippen LogP contribution in [0.25, 0.3) is 6.08 Å². The fraction of sp³-hybridized carbons (Fsp3) is 0.185. The summed E-state index contributed by atoms with van der Waals surface area (Å²) in [5.74, 6) is 1.00. The summed E-state index contributed by atoms with van der Waals surface area (Å²) < 4.78 is 16.8. The number of benzene rings is 3. The molecule has 0 saturated heterocycles. The number of hydrogen-bond acceptors (Lipinski definition) is 5. The number of hydrogen-bond donors (Lipinski definition) is 0. The number of carbonyl (C=O) groups is 1. The van der Waals surface area contributed by atoms with Crippen molar-refractivity contribution in [2.24, 2.45) is 4.99 Å². The molecule has 0 bridgehead atoms. The van der Waals surface area contributed by atoms with Crippen LogP contribution < -0.4 is 9.47 Å². The zero-order chi connectivity index (χ0) is 24.2. The van der Waals surface area contributed by atoms with E-state index in [1.807, 2.05) is 36.4 Å². The molecule has 0 N–H and O–H groups in total. The number of nitrogens with zero attached hydrogens (tertiary/aromatic N) is 1. The first kappa shape index (κ1) is 23.9. The van der Waals surface area contributed by atoms with Crippen molar-refractivity contribution in [3.8, 4) is 11.5 Å². The molecule has 3 aromatic carbocycles. The molecule has 4 rings (SSSR count). The van der Waals surface area contributed by atoms with Crippen LogP contribution in [0.15, 0.2) is 71.4 Å². The second-order valence-electron chi connectivity index (χ2n) is 8.06. The van der Waals surface area contributed by atoms with E-state index in [0.717, 1.165) is 11.1 Å². The summed E-state index contributed by atoms with van der Waals surface area (Å²) in [6.07, 6.45) is 1.61. The van der Waals surface area contributed by atoms with Crippen molar-refractivity contribution < 1.29 is 19.0 Å². The van der Waals surface area contributed by atoms with E-state index in [1.54, 1.807) is 30.3 Å². The van der Waals surface area contributed by atoms with Crippen molar-refractivity contribution in [2.75, 3.05) is 7.11 Å². The molecule has 1 aliphatic rings. The number of aliphatic imine (C=N–C) groups is 1. The molecule has 5 nitrogen and oxygen atoms in total. The Labute approximate surface area is 208 Å². The second-order valence-corrected chi connectivity index (χ2v) is 8.91. The zero-order valence-corrected chi connectivity index (χ0v) is 20.5. The number of methoxy groups -OCH3 is 1. The Hall–Kier alpha value is -3.28. The summed E-state index contributed by atoms with van der Waals surface area (Å²) in [6, 6.07) is 18.6. The summed E-state index contributed by atoms with van der Waals surface area (Å²) in [5.41, 5.74) is 3.68. The molecule has 0 aromatic heterocycles. The topological polar surface area (TPSA) is 57.1 Å². The van der Waals surface area contributed by atoms with Gasteiger partial charge in [-0.2, -0.15) is 0 Å². The molecule has 0 radical (unpaired) electrons. The molecule has 3 aromatic rings. The number of rotatable bonds is 7. The van der Waals surface area contributed by atoms with E-state index in [1.165, 1.54) is 12.7 Å². The monoisotopic (exact) mass is 495 g/mol. The number of esters is 1. The largest absolute Gasteiger partial charge is 0.493 e. The van der Waals surface area contributed by atoms with E-state index in [4.69, 9.17) is 37.4 Å². The Kier molecular flexibility index (Phi) is 7.25. The lowest BCUT2D eigenvalue weighted by Crippen LogP contribution is -2.05. The van der Waals surface area contributed by atoms with Gasteiger partial charge in [0.15, 0.2) is 17.2 Å². The van der Waals surface area contributed by atoms with Crippen LogP contribution in [0.2, 0.25) is 10.0 Å². The molecule has 0 saturated carbocycles. The lowest BCUT2D eigenvalue weighted by molar-refractivity contribution is -0.129. The van der Waals surface area contributed by atoms with Gasteiger partial charge in [-0.25, -0.2) is 9.79 Å². The number of cyclic esters (lactones) is 1. The van der Waals surface area contributed by atoms with Crippen LogP contribution in [0.5, 0.6) is 11.5 Å². The Bertz CT molecular complexity index is 1260. The minimum Gasteiger partial charge on any atom is -0.493 e. The highest BCUT2D eigenvalue weighted by Crippen LogP contribution is 2.38. The molecule has 34 heavy (non-hydrogen) atoms. The van der Waals surface area contributed by atoms with Crippen molar-refractivity contribution >= 4 is 41.1 Å². The molecule has 0 amide bonds. The van der Waals surface area contributed by atoms with Crippen molar-refractivity contribution in [1.82, 2.24) is 0 Å². The van der Waals surface area contributed by atoms with Crippen LogP contribution in [-0.2, 0) is 16.1 Å². The van der Waals surface area contributed by atoms with Gasteiger partial charge in [0.1, 0.15) is 6.61 Å². The third-order valence-electron chi connectivity index (χ3n) is 5.30. The van der Waals surface area contributed by atoms with Gasteiger partial charge in [-0.1, -0.05) is 61.3 Å². The van der Waals surface area contributed by atoms with E-state index in [-0.39, 0.29) is 11.6 Å². The third-order valence-corrected chi connectivity index (χ3v) is 5.83. The maximum atomic E-state index is 12.4.